The number of rotatable bonds is 1. The van der Waals surface area contributed by atoms with Crippen molar-refractivity contribution in [3.8, 4) is 0 Å². The first kappa shape index (κ1) is 9.71. The van der Waals surface area contributed by atoms with Gasteiger partial charge in [0.15, 0.2) is 0 Å². The van der Waals surface area contributed by atoms with E-state index in [-0.39, 0.29) is 5.28 Å². The second-order valence-electron chi connectivity index (χ2n) is 3.82. The molecule has 0 bridgehead atoms. The van der Waals surface area contributed by atoms with Crippen LogP contribution in [0.25, 0.3) is 0 Å². The lowest BCUT2D eigenvalue weighted by Crippen LogP contribution is -2.08. The zero-order valence-electron chi connectivity index (χ0n) is 8.04. The normalized spacial score (nSPS) is 18.4. The third kappa shape index (κ3) is 2.15. The predicted octanol–water partition coefficient (Wildman–Crippen LogP) is 2.76. The predicted molar refractivity (Wildman–Crippen MR) is 57.3 cm³/mol. The van der Waals surface area contributed by atoms with Crippen molar-refractivity contribution in [3.05, 3.63) is 17.0 Å². The molecule has 0 aliphatic heterocycles. The molecule has 2 rings (SSSR count). The van der Waals surface area contributed by atoms with Crippen LogP contribution in [0.5, 0.6) is 0 Å². The fourth-order valence-corrected chi connectivity index (χ4v) is 2.26. The highest BCUT2D eigenvalue weighted by atomic mass is 35.5. The molecule has 0 atom stereocenters. The lowest BCUT2D eigenvalue weighted by atomic mass is 9.87. The lowest BCUT2D eigenvalue weighted by Gasteiger charge is -2.20. The molecule has 1 aromatic rings. The van der Waals surface area contributed by atoms with Gasteiger partial charge in [-0.1, -0.05) is 19.3 Å². The Bertz CT molecular complexity index is 301. The van der Waals surface area contributed by atoms with E-state index in [2.05, 4.69) is 9.97 Å². The smallest absolute Gasteiger partial charge is 0.224 e. The van der Waals surface area contributed by atoms with E-state index in [4.69, 9.17) is 17.3 Å². The van der Waals surface area contributed by atoms with Gasteiger partial charge in [0.1, 0.15) is 5.82 Å². The minimum Gasteiger partial charge on any atom is -0.384 e. The monoisotopic (exact) mass is 211 g/mol. The van der Waals surface area contributed by atoms with Crippen molar-refractivity contribution in [2.75, 3.05) is 5.73 Å². The van der Waals surface area contributed by atoms with Crippen LogP contribution in [0.1, 0.15) is 43.7 Å². The Morgan fingerprint density at radius 3 is 2.57 bits per heavy atom. The minimum atomic E-state index is 0.269. The lowest BCUT2D eigenvalue weighted by molar-refractivity contribution is 0.436. The third-order valence-corrected chi connectivity index (χ3v) is 2.93. The van der Waals surface area contributed by atoms with Gasteiger partial charge >= 0.3 is 0 Å². The molecule has 1 aliphatic rings. The summed E-state index contributed by atoms with van der Waals surface area (Å²) < 4.78 is 0. The molecule has 0 spiro atoms. The van der Waals surface area contributed by atoms with Gasteiger partial charge in [-0.25, -0.2) is 9.97 Å². The number of aromatic nitrogens is 2. The Balaban J connectivity index is 2.21. The molecule has 1 saturated carbocycles. The van der Waals surface area contributed by atoms with E-state index in [0.717, 1.165) is 5.69 Å². The van der Waals surface area contributed by atoms with Crippen molar-refractivity contribution in [1.29, 1.82) is 0 Å². The van der Waals surface area contributed by atoms with Crippen LogP contribution in [0.3, 0.4) is 0 Å². The summed E-state index contributed by atoms with van der Waals surface area (Å²) in [6, 6.07) is 1.85. The quantitative estimate of drug-likeness (QED) is 0.727. The van der Waals surface area contributed by atoms with Crippen LogP contribution in [0.15, 0.2) is 6.07 Å². The Morgan fingerprint density at radius 2 is 1.93 bits per heavy atom. The van der Waals surface area contributed by atoms with Gasteiger partial charge in [0, 0.05) is 12.0 Å². The Kier molecular flexibility index (Phi) is 2.87. The van der Waals surface area contributed by atoms with Crippen molar-refractivity contribution in [2.45, 2.75) is 38.0 Å². The molecule has 14 heavy (non-hydrogen) atoms. The SMILES string of the molecule is Nc1cc(C2CCCCC2)nc(Cl)n1. The van der Waals surface area contributed by atoms with Crippen LogP contribution < -0.4 is 5.73 Å². The highest BCUT2D eigenvalue weighted by molar-refractivity contribution is 6.28. The van der Waals surface area contributed by atoms with Crippen LogP contribution in [-0.2, 0) is 0 Å². The van der Waals surface area contributed by atoms with E-state index in [1.807, 2.05) is 6.07 Å². The van der Waals surface area contributed by atoms with E-state index in [9.17, 15) is 0 Å². The van der Waals surface area contributed by atoms with Gasteiger partial charge in [-0.2, -0.15) is 0 Å². The maximum absolute atomic E-state index is 5.77. The first-order valence-corrected chi connectivity index (χ1v) is 5.43. The average Bonchev–Trinajstić information content (AvgIpc) is 2.18. The number of hydrogen-bond donors (Lipinski definition) is 1. The molecule has 0 saturated heterocycles. The molecular formula is C10H14ClN3. The zero-order valence-corrected chi connectivity index (χ0v) is 8.80. The second-order valence-corrected chi connectivity index (χ2v) is 4.16. The Labute approximate surface area is 88.7 Å². The molecule has 3 nitrogen and oxygen atoms in total. The van der Waals surface area contributed by atoms with Crippen molar-refractivity contribution < 1.29 is 0 Å². The molecule has 4 heteroatoms. The molecule has 0 aromatic carbocycles. The molecule has 0 unspecified atom stereocenters. The van der Waals surface area contributed by atoms with E-state index in [0.29, 0.717) is 11.7 Å². The molecule has 1 fully saturated rings. The maximum atomic E-state index is 5.77. The topological polar surface area (TPSA) is 51.8 Å². The summed E-state index contributed by atoms with van der Waals surface area (Å²) in [5.74, 6) is 1.01. The van der Waals surface area contributed by atoms with Crippen molar-refractivity contribution in [2.24, 2.45) is 0 Å². The molecule has 1 aromatic heterocycles. The van der Waals surface area contributed by atoms with Gasteiger partial charge in [-0.3, -0.25) is 0 Å². The fourth-order valence-electron chi connectivity index (χ4n) is 2.06. The fraction of sp³-hybridized carbons (Fsp3) is 0.600. The van der Waals surface area contributed by atoms with Crippen molar-refractivity contribution in [1.82, 2.24) is 9.97 Å². The van der Waals surface area contributed by atoms with Gasteiger partial charge in [0.2, 0.25) is 5.28 Å². The summed E-state index contributed by atoms with van der Waals surface area (Å²) in [6.45, 7) is 0. The van der Waals surface area contributed by atoms with E-state index < -0.39 is 0 Å². The highest BCUT2D eigenvalue weighted by Crippen LogP contribution is 2.32. The van der Waals surface area contributed by atoms with E-state index in [1.54, 1.807) is 0 Å². The van der Waals surface area contributed by atoms with Gasteiger partial charge in [-0.15, -0.1) is 0 Å². The first-order valence-electron chi connectivity index (χ1n) is 5.05. The number of nitrogens with two attached hydrogens (primary N) is 1. The Morgan fingerprint density at radius 1 is 1.21 bits per heavy atom. The van der Waals surface area contributed by atoms with Crippen molar-refractivity contribution >= 4 is 17.4 Å². The summed E-state index contributed by atoms with van der Waals surface area (Å²) in [4.78, 5) is 8.09. The molecular weight excluding hydrogens is 198 g/mol. The third-order valence-electron chi connectivity index (χ3n) is 2.76. The number of halogens is 1. The summed E-state index contributed by atoms with van der Waals surface area (Å²) in [5, 5.41) is 0.269. The number of hydrogen-bond acceptors (Lipinski definition) is 3. The van der Waals surface area contributed by atoms with Crippen LogP contribution >= 0.6 is 11.6 Å². The number of anilines is 1. The van der Waals surface area contributed by atoms with Crippen LogP contribution in [0.4, 0.5) is 5.82 Å². The first-order chi connectivity index (χ1) is 6.75. The molecule has 1 heterocycles. The Hall–Kier alpha value is -0.830. The summed E-state index contributed by atoms with van der Waals surface area (Å²) in [7, 11) is 0. The number of nitrogen functional groups attached to an aromatic ring is 1. The summed E-state index contributed by atoms with van der Waals surface area (Å²) in [5.41, 5.74) is 6.65. The second kappa shape index (κ2) is 4.13. The molecule has 0 radical (unpaired) electrons. The largest absolute Gasteiger partial charge is 0.384 e. The van der Waals surface area contributed by atoms with Gasteiger partial charge in [-0.05, 0) is 24.4 Å². The van der Waals surface area contributed by atoms with Crippen LogP contribution in [-0.4, -0.2) is 9.97 Å². The molecule has 1 aliphatic carbocycles. The van der Waals surface area contributed by atoms with E-state index in [1.165, 1.54) is 32.1 Å². The van der Waals surface area contributed by atoms with Gasteiger partial charge in [0.05, 0.1) is 5.69 Å². The standard InChI is InChI=1S/C10H14ClN3/c11-10-13-8(6-9(12)14-10)7-4-2-1-3-5-7/h6-7H,1-5H2,(H2,12,13,14). The molecule has 2 N–H and O–H groups in total. The molecule has 76 valence electrons. The summed E-state index contributed by atoms with van der Waals surface area (Å²) >= 11 is 5.77. The van der Waals surface area contributed by atoms with Crippen molar-refractivity contribution in [3.63, 3.8) is 0 Å². The van der Waals surface area contributed by atoms with Crippen LogP contribution in [0.2, 0.25) is 5.28 Å². The van der Waals surface area contributed by atoms with E-state index >= 15 is 0 Å². The minimum absolute atomic E-state index is 0.269. The zero-order chi connectivity index (χ0) is 9.97. The van der Waals surface area contributed by atoms with Gasteiger partial charge < -0.3 is 5.73 Å². The molecule has 0 amide bonds. The highest BCUT2D eigenvalue weighted by Gasteiger charge is 2.17. The number of nitrogens with zero attached hydrogens (tertiary/aromatic N) is 2. The van der Waals surface area contributed by atoms with Gasteiger partial charge in [0.25, 0.3) is 0 Å². The summed E-state index contributed by atoms with van der Waals surface area (Å²) in [6.07, 6.45) is 6.31. The van der Waals surface area contributed by atoms with Crippen LogP contribution in [0, 0.1) is 0 Å². The maximum Gasteiger partial charge on any atom is 0.224 e. The average molecular weight is 212 g/mol.